The minimum Gasteiger partial charge on any atom is -0.293 e. The highest BCUT2D eigenvalue weighted by Gasteiger charge is 2.23. The van der Waals surface area contributed by atoms with E-state index in [2.05, 4.69) is 6.92 Å². The van der Waals surface area contributed by atoms with Gasteiger partial charge in [0.2, 0.25) is 0 Å². The molecule has 0 fully saturated rings. The van der Waals surface area contributed by atoms with Crippen LogP contribution in [-0.2, 0) is 19.7 Å². The summed E-state index contributed by atoms with van der Waals surface area (Å²) in [6.45, 7) is 2.24. The maximum absolute atomic E-state index is 13.5. The highest BCUT2D eigenvalue weighted by molar-refractivity contribution is 7.91. The van der Waals surface area contributed by atoms with E-state index in [1.807, 2.05) is 0 Å². The van der Waals surface area contributed by atoms with Crippen LogP contribution in [0.2, 0.25) is 0 Å². The van der Waals surface area contributed by atoms with E-state index in [1.165, 1.54) is 76.2 Å². The Morgan fingerprint density at radius 2 is 0.973 bits per heavy atom. The molecule has 0 aliphatic rings. The van der Waals surface area contributed by atoms with Crippen molar-refractivity contribution >= 4 is 25.5 Å². The molecular weight excluding hydrogens is 504 g/mol. The van der Waals surface area contributed by atoms with Gasteiger partial charge in [-0.2, -0.15) is 0 Å². The van der Waals surface area contributed by atoms with Crippen molar-refractivity contribution in [3.05, 3.63) is 59.7 Å². The Morgan fingerprint density at radius 1 is 0.595 bits per heavy atom. The van der Waals surface area contributed by atoms with Gasteiger partial charge in [0.25, 0.3) is 0 Å². The normalized spacial score (nSPS) is 12.9. The SMILES string of the molecule is CCCCCCCCCCCCCCC(C(=O)c1ccc(S(C)(=O)=O)cc1)c1ccc(S(C)(=O)=O)cc1. The molecule has 0 saturated carbocycles. The van der Waals surface area contributed by atoms with E-state index in [4.69, 9.17) is 0 Å². The lowest BCUT2D eigenvalue weighted by atomic mass is 9.86. The molecule has 7 heteroatoms. The number of hydrogen-bond donors (Lipinski definition) is 0. The van der Waals surface area contributed by atoms with Crippen molar-refractivity contribution in [2.75, 3.05) is 12.5 Å². The van der Waals surface area contributed by atoms with Crippen LogP contribution in [-0.4, -0.2) is 35.1 Å². The second kappa shape index (κ2) is 15.4. The Hall–Kier alpha value is -1.99. The summed E-state index contributed by atoms with van der Waals surface area (Å²) in [6, 6.07) is 12.6. The second-order valence-corrected chi connectivity index (χ2v) is 14.3. The Balaban J connectivity index is 1.96. The molecular formula is C30H44O5S2. The molecule has 0 aromatic heterocycles. The van der Waals surface area contributed by atoms with Gasteiger partial charge in [0.05, 0.1) is 9.79 Å². The average Bonchev–Trinajstić information content (AvgIpc) is 2.86. The van der Waals surface area contributed by atoms with Crippen LogP contribution in [0.4, 0.5) is 0 Å². The number of Topliss-reactive ketones (excluding diaryl/α,β-unsaturated/α-hetero) is 1. The zero-order chi connectivity index (χ0) is 27.3. The largest absolute Gasteiger partial charge is 0.293 e. The van der Waals surface area contributed by atoms with Crippen LogP contribution in [0.1, 0.15) is 112 Å². The third-order valence-corrected chi connectivity index (χ3v) is 9.20. The second-order valence-electron chi connectivity index (χ2n) is 10.2. The summed E-state index contributed by atoms with van der Waals surface area (Å²) in [5.41, 5.74) is 1.25. The van der Waals surface area contributed by atoms with E-state index in [1.54, 1.807) is 36.4 Å². The molecule has 0 bridgehead atoms. The first kappa shape index (κ1) is 31.2. The molecule has 2 aromatic carbocycles. The van der Waals surface area contributed by atoms with Gasteiger partial charge in [-0.25, -0.2) is 16.8 Å². The van der Waals surface area contributed by atoms with Crippen molar-refractivity contribution < 1.29 is 21.6 Å². The highest BCUT2D eigenvalue weighted by Crippen LogP contribution is 2.29. The van der Waals surface area contributed by atoms with Crippen LogP contribution < -0.4 is 0 Å². The summed E-state index contributed by atoms with van der Waals surface area (Å²) in [5, 5.41) is 0. The van der Waals surface area contributed by atoms with Crippen LogP contribution in [0.3, 0.4) is 0 Å². The first-order valence-electron chi connectivity index (χ1n) is 13.7. The van der Waals surface area contributed by atoms with Crippen molar-refractivity contribution in [3.63, 3.8) is 0 Å². The molecule has 0 aliphatic carbocycles. The van der Waals surface area contributed by atoms with Crippen molar-refractivity contribution in [2.45, 2.75) is 106 Å². The first-order chi connectivity index (χ1) is 17.5. The fraction of sp³-hybridized carbons (Fsp3) is 0.567. The molecule has 0 radical (unpaired) electrons. The quantitative estimate of drug-likeness (QED) is 0.142. The lowest BCUT2D eigenvalue weighted by Crippen LogP contribution is -2.14. The number of carbonyl (C=O) groups is 1. The summed E-state index contributed by atoms with van der Waals surface area (Å²) < 4.78 is 47.3. The lowest BCUT2D eigenvalue weighted by Gasteiger charge is -2.17. The fourth-order valence-electron chi connectivity index (χ4n) is 4.65. The van der Waals surface area contributed by atoms with Crippen LogP contribution in [0, 0.1) is 0 Å². The minimum absolute atomic E-state index is 0.0739. The molecule has 2 rings (SSSR count). The number of ketones is 1. The van der Waals surface area contributed by atoms with Gasteiger partial charge in [0, 0.05) is 24.0 Å². The topological polar surface area (TPSA) is 85.3 Å². The average molecular weight is 549 g/mol. The van der Waals surface area contributed by atoms with E-state index in [9.17, 15) is 21.6 Å². The van der Waals surface area contributed by atoms with Crippen molar-refractivity contribution in [3.8, 4) is 0 Å². The Labute approximate surface area is 224 Å². The maximum Gasteiger partial charge on any atom is 0.175 e. The molecule has 1 atom stereocenters. The van der Waals surface area contributed by atoms with Gasteiger partial charge in [0.1, 0.15) is 0 Å². The number of rotatable bonds is 18. The lowest BCUT2D eigenvalue weighted by molar-refractivity contribution is 0.0953. The Kier molecular flexibility index (Phi) is 13.0. The molecule has 0 spiro atoms. The number of hydrogen-bond acceptors (Lipinski definition) is 5. The molecule has 0 saturated heterocycles. The number of unbranched alkanes of at least 4 members (excludes halogenated alkanes) is 11. The van der Waals surface area contributed by atoms with Gasteiger partial charge >= 0.3 is 0 Å². The van der Waals surface area contributed by atoms with Gasteiger partial charge in [-0.15, -0.1) is 0 Å². The fourth-order valence-corrected chi connectivity index (χ4v) is 5.91. The van der Waals surface area contributed by atoms with E-state index < -0.39 is 25.6 Å². The molecule has 1 unspecified atom stereocenters. The summed E-state index contributed by atoms with van der Waals surface area (Å²) in [6.07, 6.45) is 17.8. The van der Waals surface area contributed by atoms with Crippen LogP contribution in [0.15, 0.2) is 58.3 Å². The molecule has 37 heavy (non-hydrogen) atoms. The number of carbonyl (C=O) groups excluding carboxylic acids is 1. The van der Waals surface area contributed by atoms with E-state index in [0.717, 1.165) is 31.1 Å². The Bertz CT molecular complexity index is 1170. The van der Waals surface area contributed by atoms with E-state index in [0.29, 0.717) is 12.0 Å². The zero-order valence-electron chi connectivity index (χ0n) is 22.7. The molecule has 2 aromatic rings. The van der Waals surface area contributed by atoms with E-state index >= 15 is 0 Å². The summed E-state index contributed by atoms with van der Waals surface area (Å²) >= 11 is 0. The van der Waals surface area contributed by atoms with Gasteiger partial charge < -0.3 is 0 Å². The zero-order valence-corrected chi connectivity index (χ0v) is 24.4. The maximum atomic E-state index is 13.5. The molecule has 0 amide bonds. The summed E-state index contributed by atoms with van der Waals surface area (Å²) in [5.74, 6) is -0.476. The monoisotopic (exact) mass is 548 g/mol. The predicted molar refractivity (Wildman–Crippen MR) is 152 cm³/mol. The molecule has 5 nitrogen and oxygen atoms in total. The van der Waals surface area contributed by atoms with Gasteiger partial charge in [-0.1, -0.05) is 108 Å². The van der Waals surface area contributed by atoms with Crippen molar-refractivity contribution in [1.82, 2.24) is 0 Å². The summed E-state index contributed by atoms with van der Waals surface area (Å²) in [4.78, 5) is 13.9. The van der Waals surface area contributed by atoms with Crippen molar-refractivity contribution in [1.29, 1.82) is 0 Å². The molecule has 0 aliphatic heterocycles. The van der Waals surface area contributed by atoms with Gasteiger partial charge in [-0.3, -0.25) is 4.79 Å². The number of sulfone groups is 2. The first-order valence-corrected chi connectivity index (χ1v) is 17.5. The molecule has 0 N–H and O–H groups in total. The van der Waals surface area contributed by atoms with Gasteiger partial charge in [0.15, 0.2) is 25.5 Å². The minimum atomic E-state index is -3.34. The predicted octanol–water partition coefficient (Wildman–Crippen LogP) is 7.55. The Morgan fingerprint density at radius 3 is 1.38 bits per heavy atom. The number of benzene rings is 2. The van der Waals surface area contributed by atoms with Crippen LogP contribution in [0.25, 0.3) is 0 Å². The van der Waals surface area contributed by atoms with Gasteiger partial charge in [-0.05, 0) is 36.2 Å². The third-order valence-electron chi connectivity index (χ3n) is 6.94. The highest BCUT2D eigenvalue weighted by atomic mass is 32.2. The summed E-state index contributed by atoms with van der Waals surface area (Å²) in [7, 11) is -6.66. The van der Waals surface area contributed by atoms with E-state index in [-0.39, 0.29) is 15.6 Å². The third kappa shape index (κ3) is 11.1. The smallest absolute Gasteiger partial charge is 0.175 e. The van der Waals surface area contributed by atoms with Crippen LogP contribution >= 0.6 is 0 Å². The van der Waals surface area contributed by atoms with Crippen molar-refractivity contribution in [2.24, 2.45) is 0 Å². The molecule has 206 valence electrons. The standard InChI is InChI=1S/C30H44O5S2/c1-4-5-6-7-8-9-10-11-12-13-14-15-16-29(25-17-21-27(22-18-25)36(2,32)33)30(31)26-19-23-28(24-20-26)37(3,34)35/h17-24,29H,4-16H2,1-3H3. The van der Waals surface area contributed by atoms with Crippen LogP contribution in [0.5, 0.6) is 0 Å². The molecule has 0 heterocycles.